The molecule has 3 heterocycles. The highest BCUT2D eigenvalue weighted by molar-refractivity contribution is 8.14. The van der Waals surface area contributed by atoms with Crippen LogP contribution in [0, 0.1) is 0 Å². The SMILES string of the molecule is COc1ccc(OC)c(SC2=Nc3cncnc3[N+]2(N)CCC2CCCCN2S(C)(=O)=O)c1. The average Bonchev–Trinajstić information content (AvgIpc) is 3.09. The zero-order valence-corrected chi connectivity index (χ0v) is 20.6. The molecule has 178 valence electrons. The Kier molecular flexibility index (Phi) is 6.91. The fourth-order valence-corrected chi connectivity index (χ4v) is 6.63. The molecular weight excluding hydrogens is 464 g/mol. The van der Waals surface area contributed by atoms with E-state index in [9.17, 15) is 8.42 Å². The van der Waals surface area contributed by atoms with Crippen LogP contribution in [0.25, 0.3) is 0 Å². The van der Waals surface area contributed by atoms with Gasteiger partial charge in [0.25, 0.3) is 11.0 Å². The van der Waals surface area contributed by atoms with Crippen molar-refractivity contribution in [3.05, 3.63) is 30.7 Å². The van der Waals surface area contributed by atoms with E-state index in [4.69, 9.17) is 20.3 Å². The summed E-state index contributed by atoms with van der Waals surface area (Å²) in [6.45, 7) is 0.988. The molecule has 0 spiro atoms. The van der Waals surface area contributed by atoms with Gasteiger partial charge in [0, 0.05) is 19.0 Å². The quantitative estimate of drug-likeness (QED) is 0.462. The molecule has 2 N–H and O–H groups in total. The van der Waals surface area contributed by atoms with Gasteiger partial charge in [0.2, 0.25) is 10.0 Å². The predicted molar refractivity (Wildman–Crippen MR) is 129 cm³/mol. The van der Waals surface area contributed by atoms with Crippen LogP contribution in [0.1, 0.15) is 25.7 Å². The molecule has 10 nitrogen and oxygen atoms in total. The van der Waals surface area contributed by atoms with E-state index < -0.39 is 10.0 Å². The third kappa shape index (κ3) is 4.85. The summed E-state index contributed by atoms with van der Waals surface area (Å²) in [7, 11) is -0.0718. The second kappa shape index (κ2) is 9.55. The van der Waals surface area contributed by atoms with Crippen LogP contribution in [-0.4, -0.2) is 67.5 Å². The average molecular weight is 494 g/mol. The molecule has 2 unspecified atom stereocenters. The Morgan fingerprint density at radius 2 is 2.09 bits per heavy atom. The Balaban J connectivity index is 1.64. The second-order valence-corrected chi connectivity index (χ2v) is 11.1. The number of quaternary nitrogens is 1. The number of aromatic nitrogens is 2. The van der Waals surface area contributed by atoms with Crippen molar-refractivity contribution in [2.24, 2.45) is 10.8 Å². The van der Waals surface area contributed by atoms with E-state index in [2.05, 4.69) is 9.97 Å². The van der Waals surface area contributed by atoms with E-state index in [1.54, 1.807) is 24.7 Å². The number of ether oxygens (including phenoxy) is 2. The molecule has 1 aromatic carbocycles. The first kappa shape index (κ1) is 23.9. The molecule has 1 fully saturated rings. The van der Waals surface area contributed by atoms with Crippen molar-refractivity contribution >= 4 is 38.5 Å². The number of methoxy groups -OCH3 is 2. The molecule has 0 saturated carbocycles. The maximum Gasteiger partial charge on any atom is 0.295 e. The van der Waals surface area contributed by atoms with Crippen molar-refractivity contribution < 1.29 is 17.9 Å². The number of aliphatic imine (C=N–C) groups is 1. The largest absolute Gasteiger partial charge is 0.497 e. The predicted octanol–water partition coefficient (Wildman–Crippen LogP) is 2.67. The van der Waals surface area contributed by atoms with Gasteiger partial charge >= 0.3 is 0 Å². The molecule has 0 amide bonds. The number of sulfonamides is 1. The smallest absolute Gasteiger partial charge is 0.295 e. The number of benzene rings is 1. The van der Waals surface area contributed by atoms with E-state index in [1.807, 2.05) is 18.2 Å². The number of fused-ring (bicyclic) bond motifs is 1. The summed E-state index contributed by atoms with van der Waals surface area (Å²) in [5.41, 5.74) is 0.605. The summed E-state index contributed by atoms with van der Waals surface area (Å²) < 4.78 is 37.0. The van der Waals surface area contributed by atoms with Gasteiger partial charge in [-0.05, 0) is 42.8 Å². The van der Waals surface area contributed by atoms with Gasteiger partial charge in [-0.1, -0.05) is 6.42 Å². The molecule has 2 aromatic rings. The summed E-state index contributed by atoms with van der Waals surface area (Å²) >= 11 is 1.38. The van der Waals surface area contributed by atoms with E-state index in [0.29, 0.717) is 47.7 Å². The van der Waals surface area contributed by atoms with Gasteiger partial charge in [0.05, 0.1) is 31.6 Å². The number of amidine groups is 1. The Labute approximate surface area is 198 Å². The van der Waals surface area contributed by atoms with E-state index in [1.165, 1.54) is 24.3 Å². The van der Waals surface area contributed by atoms with Crippen molar-refractivity contribution in [2.45, 2.75) is 36.6 Å². The minimum absolute atomic E-state index is 0.101. The zero-order chi connectivity index (χ0) is 23.6. The fourth-order valence-electron chi connectivity index (χ4n) is 4.30. The van der Waals surface area contributed by atoms with Crippen LogP contribution in [0.5, 0.6) is 11.5 Å². The molecule has 1 saturated heterocycles. The first-order valence-electron chi connectivity index (χ1n) is 10.7. The number of piperidine rings is 1. The maximum absolute atomic E-state index is 12.3. The Bertz CT molecular complexity index is 1160. The van der Waals surface area contributed by atoms with Crippen molar-refractivity contribution in [3.8, 4) is 11.5 Å². The monoisotopic (exact) mass is 493 g/mol. The van der Waals surface area contributed by atoms with Crippen molar-refractivity contribution in [2.75, 3.05) is 33.6 Å². The fraction of sp³-hybridized carbons (Fsp3) is 0.476. The van der Waals surface area contributed by atoms with Gasteiger partial charge in [-0.25, -0.2) is 13.4 Å². The lowest BCUT2D eigenvalue weighted by molar-refractivity contribution is 0.228. The molecule has 0 bridgehead atoms. The topological polar surface area (TPSA) is 120 Å². The summed E-state index contributed by atoms with van der Waals surface area (Å²) in [5, 5.41) is 0.610. The van der Waals surface area contributed by atoms with Crippen molar-refractivity contribution in [1.82, 2.24) is 18.9 Å². The molecule has 2 atom stereocenters. The number of hydrogen-bond donors (Lipinski definition) is 1. The highest BCUT2D eigenvalue weighted by atomic mass is 32.2. The van der Waals surface area contributed by atoms with Crippen molar-refractivity contribution in [1.29, 1.82) is 0 Å². The van der Waals surface area contributed by atoms with E-state index in [0.717, 1.165) is 24.2 Å². The Morgan fingerprint density at radius 1 is 1.27 bits per heavy atom. The van der Waals surface area contributed by atoms with Gasteiger partial charge in [-0.15, -0.1) is 4.59 Å². The highest BCUT2D eigenvalue weighted by Gasteiger charge is 2.45. The number of nitrogens with two attached hydrogens (primary N) is 1. The lowest BCUT2D eigenvalue weighted by Gasteiger charge is -2.35. The first-order chi connectivity index (χ1) is 15.8. The Morgan fingerprint density at radius 3 is 2.82 bits per heavy atom. The Hall–Kier alpha value is -2.25. The van der Waals surface area contributed by atoms with Gasteiger partial charge in [0.15, 0.2) is 5.69 Å². The van der Waals surface area contributed by atoms with Gasteiger partial charge < -0.3 is 9.47 Å². The number of hydrogen-bond acceptors (Lipinski definition) is 9. The molecular formula is C21H29N6O4S2+. The van der Waals surface area contributed by atoms with Gasteiger partial charge in [-0.3, -0.25) is 0 Å². The zero-order valence-electron chi connectivity index (χ0n) is 19.0. The van der Waals surface area contributed by atoms with Gasteiger partial charge in [-0.2, -0.15) is 20.1 Å². The number of rotatable bonds is 7. The summed E-state index contributed by atoms with van der Waals surface area (Å²) in [6, 6.07) is 5.43. The van der Waals surface area contributed by atoms with E-state index >= 15 is 0 Å². The van der Waals surface area contributed by atoms with Crippen LogP contribution in [0.15, 0.2) is 40.6 Å². The van der Waals surface area contributed by atoms with Crippen LogP contribution < -0.4 is 19.9 Å². The molecule has 1 aromatic heterocycles. The molecule has 2 aliphatic rings. The van der Waals surface area contributed by atoms with Gasteiger partial charge in [0.1, 0.15) is 24.4 Å². The third-order valence-electron chi connectivity index (χ3n) is 5.99. The molecule has 33 heavy (non-hydrogen) atoms. The number of nitrogens with zero attached hydrogens (tertiary/aromatic N) is 5. The summed E-state index contributed by atoms with van der Waals surface area (Å²) in [4.78, 5) is 14.1. The van der Waals surface area contributed by atoms with Crippen molar-refractivity contribution in [3.63, 3.8) is 0 Å². The van der Waals surface area contributed by atoms with Crippen LogP contribution in [0.4, 0.5) is 11.5 Å². The minimum atomic E-state index is -3.29. The molecule has 0 radical (unpaired) electrons. The van der Waals surface area contributed by atoms with Crippen LogP contribution in [0.3, 0.4) is 0 Å². The second-order valence-electron chi connectivity index (χ2n) is 8.15. The summed E-state index contributed by atoms with van der Waals surface area (Å²) in [6.07, 6.45) is 7.64. The molecule has 2 aliphatic heterocycles. The van der Waals surface area contributed by atoms with Crippen LogP contribution in [0.2, 0.25) is 0 Å². The summed E-state index contributed by atoms with van der Waals surface area (Å²) in [5.74, 6) is 8.91. The molecule has 12 heteroatoms. The van der Waals surface area contributed by atoms with Crippen LogP contribution in [-0.2, 0) is 10.0 Å². The normalized spacial score (nSPS) is 23.2. The molecule has 4 rings (SSSR count). The maximum atomic E-state index is 12.3. The van der Waals surface area contributed by atoms with E-state index in [-0.39, 0.29) is 10.6 Å². The number of thioether (sulfide) groups is 1. The molecule has 0 aliphatic carbocycles. The lowest BCUT2D eigenvalue weighted by atomic mass is 10.0. The third-order valence-corrected chi connectivity index (χ3v) is 8.47. The minimum Gasteiger partial charge on any atom is -0.497 e. The van der Waals surface area contributed by atoms with Crippen LogP contribution >= 0.6 is 11.8 Å². The standard InChI is InChI=1S/C21H29N6O4S2/c1-30-16-7-8-18(31-2)19(12-16)32-21-25-17-13-23-14-24-20(17)27(21,22)11-9-15-6-4-5-10-26(15)33(3,28)29/h7-8,12-15H,4-6,9-11,22H2,1-3H3/q+1. The lowest BCUT2D eigenvalue weighted by Crippen LogP contribution is -2.60. The highest BCUT2D eigenvalue weighted by Crippen LogP contribution is 2.43. The first-order valence-corrected chi connectivity index (χ1v) is 13.4.